The summed E-state index contributed by atoms with van der Waals surface area (Å²) in [6, 6.07) is -1.60. The van der Waals surface area contributed by atoms with Gasteiger partial charge in [-0.25, -0.2) is 4.79 Å². The topological polar surface area (TPSA) is 26.3 Å². The van der Waals surface area contributed by atoms with Crippen LogP contribution in [0.1, 0.15) is 64.2 Å². The number of halogens is 3. The zero-order chi connectivity index (χ0) is 16.0. The summed E-state index contributed by atoms with van der Waals surface area (Å²) in [5.41, 5.74) is 0. The van der Waals surface area contributed by atoms with E-state index in [1.807, 2.05) is 0 Å². The number of carbonyl (C=O) groups excluding carboxylic acids is 1. The molecule has 0 fully saturated rings. The van der Waals surface area contributed by atoms with Crippen molar-refractivity contribution in [3.05, 3.63) is 12.7 Å². The van der Waals surface area contributed by atoms with Crippen molar-refractivity contribution < 1.29 is 9.53 Å². The summed E-state index contributed by atoms with van der Waals surface area (Å²) < 4.78 is 4.92. The molecule has 124 valence electrons. The van der Waals surface area contributed by atoms with Gasteiger partial charge in [0.25, 0.3) is 0 Å². The molecule has 0 saturated carbocycles. The molecule has 0 aliphatic carbocycles. The van der Waals surface area contributed by atoms with Gasteiger partial charge in [0.1, 0.15) is 0 Å². The number of hydrogen-bond acceptors (Lipinski definition) is 2. The van der Waals surface area contributed by atoms with Gasteiger partial charge in [-0.15, -0.1) is 33.2 Å². The molecular weight excluding hydrogens is 347 g/mol. The minimum absolute atomic E-state index is 0.326. The van der Waals surface area contributed by atoms with Crippen LogP contribution in [0.5, 0.6) is 0 Å². The summed E-state index contributed by atoms with van der Waals surface area (Å²) >= 11 is 17.5. The minimum atomic E-state index is -2.38. The lowest BCUT2D eigenvalue weighted by Gasteiger charge is -2.07. The monoisotopic (exact) mass is 372 g/mol. The Morgan fingerprint density at radius 1 is 0.857 bits per heavy atom. The van der Waals surface area contributed by atoms with Crippen molar-refractivity contribution in [2.45, 2.75) is 70.3 Å². The van der Waals surface area contributed by atoms with Gasteiger partial charge in [0.15, 0.2) is 0 Å². The van der Waals surface area contributed by atoms with Gasteiger partial charge >= 0.3 is 12.0 Å². The van der Waals surface area contributed by atoms with Crippen molar-refractivity contribution in [2.24, 2.45) is 0 Å². The maximum absolute atomic E-state index is 10.8. The second kappa shape index (κ2) is 13.9. The Hall–Kier alpha value is 0.297. The van der Waals surface area contributed by atoms with Crippen LogP contribution < -0.4 is 0 Å². The average molecular weight is 374 g/mol. The zero-order valence-electron chi connectivity index (χ0n) is 12.7. The minimum Gasteiger partial charge on any atom is -0.463 e. The van der Waals surface area contributed by atoms with Gasteiger partial charge in [0.2, 0.25) is 0 Å². The van der Waals surface area contributed by atoms with E-state index in [0.29, 0.717) is 6.61 Å². The number of ether oxygens (including phenoxy) is 1. The van der Waals surface area contributed by atoms with E-state index < -0.39 is 6.00 Å². The SMILES string of the molecule is C=CC(=O)OCCCCCCCCCCCC[Si](Cl)(Cl)Cl. The second-order valence-electron chi connectivity index (χ2n) is 5.27. The van der Waals surface area contributed by atoms with Gasteiger partial charge in [0, 0.05) is 6.08 Å². The molecule has 0 aromatic carbocycles. The lowest BCUT2D eigenvalue weighted by molar-refractivity contribution is -0.137. The largest absolute Gasteiger partial charge is 0.463 e. The fraction of sp³-hybridized carbons (Fsp3) is 0.800. The number of unbranched alkanes of at least 4 members (excludes halogenated alkanes) is 9. The van der Waals surface area contributed by atoms with Gasteiger partial charge < -0.3 is 4.74 Å². The van der Waals surface area contributed by atoms with Crippen LogP contribution in [0.2, 0.25) is 6.04 Å². The number of carbonyl (C=O) groups is 1. The summed E-state index contributed by atoms with van der Waals surface area (Å²) in [5.74, 6) is -0.326. The van der Waals surface area contributed by atoms with Gasteiger partial charge in [-0.3, -0.25) is 0 Å². The Morgan fingerprint density at radius 3 is 1.71 bits per heavy atom. The zero-order valence-corrected chi connectivity index (χ0v) is 16.0. The van der Waals surface area contributed by atoms with E-state index in [1.165, 1.54) is 51.0 Å². The molecule has 0 saturated heterocycles. The first-order valence-corrected chi connectivity index (χ1v) is 13.1. The summed E-state index contributed by atoms with van der Waals surface area (Å²) in [7, 11) is 0. The molecule has 0 rings (SSSR count). The fourth-order valence-corrected chi connectivity index (χ4v) is 3.93. The molecule has 0 heterocycles. The standard InChI is InChI=1S/C15H27Cl3O2Si/c1-2-15(19)20-13-11-9-7-5-3-4-6-8-10-12-14-21(16,17)18/h2H,1,3-14H2. The smallest absolute Gasteiger partial charge is 0.341 e. The Labute approximate surface area is 144 Å². The third-order valence-electron chi connectivity index (χ3n) is 3.27. The molecule has 2 nitrogen and oxygen atoms in total. The average Bonchev–Trinajstić information content (AvgIpc) is 2.42. The van der Waals surface area contributed by atoms with E-state index in [0.717, 1.165) is 25.3 Å². The van der Waals surface area contributed by atoms with Gasteiger partial charge in [-0.2, -0.15) is 0 Å². The number of hydrogen-bond donors (Lipinski definition) is 0. The van der Waals surface area contributed by atoms with E-state index in [-0.39, 0.29) is 5.97 Å². The fourth-order valence-electron chi connectivity index (χ4n) is 2.07. The van der Waals surface area contributed by atoms with Crippen LogP contribution in [0.15, 0.2) is 12.7 Å². The summed E-state index contributed by atoms with van der Waals surface area (Å²) in [4.78, 5) is 10.8. The molecule has 6 heteroatoms. The predicted molar refractivity (Wildman–Crippen MR) is 95.4 cm³/mol. The Balaban J connectivity index is 3.09. The molecule has 0 aromatic rings. The molecule has 21 heavy (non-hydrogen) atoms. The van der Waals surface area contributed by atoms with E-state index in [4.69, 9.17) is 38.0 Å². The van der Waals surface area contributed by atoms with Gasteiger partial charge in [0.05, 0.1) is 6.61 Å². The molecule has 0 atom stereocenters. The van der Waals surface area contributed by atoms with Gasteiger partial charge in [-0.05, 0) is 12.5 Å². The van der Waals surface area contributed by atoms with Crippen LogP contribution >= 0.6 is 33.2 Å². The predicted octanol–water partition coefficient (Wildman–Crippen LogP) is 6.27. The van der Waals surface area contributed by atoms with Crippen LogP contribution in [0, 0.1) is 0 Å². The Kier molecular flexibility index (Phi) is 14.1. The van der Waals surface area contributed by atoms with Crippen LogP contribution in [-0.4, -0.2) is 18.6 Å². The maximum atomic E-state index is 10.8. The van der Waals surface area contributed by atoms with E-state index in [1.54, 1.807) is 0 Å². The summed E-state index contributed by atoms with van der Waals surface area (Å²) in [6.45, 7) is 3.87. The first kappa shape index (κ1) is 21.3. The third-order valence-corrected chi connectivity index (χ3v) is 5.89. The molecule has 0 bridgehead atoms. The van der Waals surface area contributed by atoms with Crippen LogP contribution in [-0.2, 0) is 9.53 Å². The Bertz CT molecular complexity index is 281. The maximum Gasteiger partial charge on any atom is 0.341 e. The van der Waals surface area contributed by atoms with Crippen molar-refractivity contribution in [1.29, 1.82) is 0 Å². The van der Waals surface area contributed by atoms with Crippen LogP contribution in [0.25, 0.3) is 0 Å². The molecule has 0 N–H and O–H groups in total. The quantitative estimate of drug-likeness (QED) is 0.118. The lowest BCUT2D eigenvalue weighted by Crippen LogP contribution is -2.07. The van der Waals surface area contributed by atoms with Crippen molar-refractivity contribution in [3.63, 3.8) is 0 Å². The van der Waals surface area contributed by atoms with Crippen LogP contribution in [0.4, 0.5) is 0 Å². The van der Waals surface area contributed by atoms with Crippen molar-refractivity contribution in [2.75, 3.05) is 6.61 Å². The second-order valence-corrected chi connectivity index (χ2v) is 14.6. The number of esters is 1. The molecule has 0 unspecified atom stereocenters. The third kappa shape index (κ3) is 18.2. The normalized spacial score (nSPS) is 11.4. The highest BCUT2D eigenvalue weighted by Gasteiger charge is 2.23. The van der Waals surface area contributed by atoms with Gasteiger partial charge in [-0.1, -0.05) is 64.4 Å². The lowest BCUT2D eigenvalue weighted by atomic mass is 10.1. The summed E-state index contributed by atoms with van der Waals surface area (Å²) in [5, 5.41) is 0. The summed E-state index contributed by atoms with van der Waals surface area (Å²) in [6.07, 6.45) is 13.1. The highest BCUT2D eigenvalue weighted by molar-refractivity contribution is 7.64. The van der Waals surface area contributed by atoms with E-state index >= 15 is 0 Å². The molecule has 0 spiro atoms. The van der Waals surface area contributed by atoms with Crippen molar-refractivity contribution in [3.8, 4) is 0 Å². The van der Waals surface area contributed by atoms with E-state index in [9.17, 15) is 4.79 Å². The molecule has 0 aromatic heterocycles. The number of rotatable bonds is 14. The van der Waals surface area contributed by atoms with Crippen LogP contribution in [0.3, 0.4) is 0 Å². The molecule has 0 amide bonds. The first-order chi connectivity index (χ1) is 9.95. The van der Waals surface area contributed by atoms with Crippen molar-refractivity contribution in [1.82, 2.24) is 0 Å². The highest BCUT2D eigenvalue weighted by Crippen LogP contribution is 2.27. The van der Waals surface area contributed by atoms with Crippen molar-refractivity contribution >= 4 is 45.2 Å². The molecule has 0 aliphatic rings. The molecular formula is C15H27Cl3O2Si. The molecule has 0 aliphatic heterocycles. The Morgan fingerprint density at radius 2 is 1.29 bits per heavy atom. The molecule has 0 radical (unpaired) electrons. The highest BCUT2D eigenvalue weighted by atomic mass is 35.8. The van der Waals surface area contributed by atoms with E-state index in [2.05, 4.69) is 6.58 Å². The first-order valence-electron chi connectivity index (χ1n) is 7.81.